The normalized spacial score (nSPS) is 28.1. The van der Waals surface area contributed by atoms with E-state index in [0.29, 0.717) is 12.6 Å². The maximum Gasteiger partial charge on any atom is 0.0954 e. The molecular formula is C15H23N3O. The summed E-state index contributed by atoms with van der Waals surface area (Å²) < 4.78 is 6.00. The predicted octanol–water partition coefficient (Wildman–Crippen LogP) is 0.533. The monoisotopic (exact) mass is 261 g/mol. The van der Waals surface area contributed by atoms with E-state index in [1.807, 2.05) is 0 Å². The summed E-state index contributed by atoms with van der Waals surface area (Å²) in [5, 5.41) is 3.41. The van der Waals surface area contributed by atoms with E-state index in [-0.39, 0.29) is 6.10 Å². The van der Waals surface area contributed by atoms with Crippen molar-refractivity contribution in [2.75, 3.05) is 39.3 Å². The molecule has 2 heterocycles. The number of ether oxygens (including phenoxy) is 1. The first-order valence-corrected chi connectivity index (χ1v) is 7.22. The molecule has 0 saturated carbocycles. The van der Waals surface area contributed by atoms with Crippen molar-refractivity contribution in [3.05, 3.63) is 35.4 Å². The zero-order valence-electron chi connectivity index (χ0n) is 11.3. The van der Waals surface area contributed by atoms with Gasteiger partial charge in [0, 0.05) is 38.8 Å². The van der Waals surface area contributed by atoms with Gasteiger partial charge in [0.15, 0.2) is 0 Å². The molecule has 1 fully saturated rings. The molecule has 1 aromatic carbocycles. The Morgan fingerprint density at radius 2 is 2.26 bits per heavy atom. The molecule has 4 nitrogen and oxygen atoms in total. The molecular weight excluding hydrogens is 238 g/mol. The van der Waals surface area contributed by atoms with Gasteiger partial charge in [0.25, 0.3) is 0 Å². The lowest BCUT2D eigenvalue weighted by Gasteiger charge is -2.38. The molecule has 0 aromatic heterocycles. The van der Waals surface area contributed by atoms with Crippen molar-refractivity contribution >= 4 is 0 Å². The van der Waals surface area contributed by atoms with Crippen LogP contribution in [0.1, 0.15) is 17.2 Å². The highest BCUT2D eigenvalue weighted by molar-refractivity contribution is 5.31. The van der Waals surface area contributed by atoms with Gasteiger partial charge in [-0.1, -0.05) is 24.3 Å². The van der Waals surface area contributed by atoms with Crippen molar-refractivity contribution in [1.82, 2.24) is 10.2 Å². The number of piperazine rings is 1. The van der Waals surface area contributed by atoms with E-state index >= 15 is 0 Å². The number of hydrogen-bond acceptors (Lipinski definition) is 4. The van der Waals surface area contributed by atoms with Crippen molar-refractivity contribution in [1.29, 1.82) is 0 Å². The molecule has 2 unspecified atom stereocenters. The molecule has 3 N–H and O–H groups in total. The van der Waals surface area contributed by atoms with Crippen LogP contribution in [0.4, 0.5) is 0 Å². The summed E-state index contributed by atoms with van der Waals surface area (Å²) >= 11 is 0. The third kappa shape index (κ3) is 2.82. The van der Waals surface area contributed by atoms with Crippen LogP contribution in [0.25, 0.3) is 0 Å². The molecule has 2 aliphatic rings. The van der Waals surface area contributed by atoms with E-state index in [2.05, 4.69) is 34.5 Å². The van der Waals surface area contributed by atoms with Crippen LogP contribution in [-0.2, 0) is 11.2 Å². The summed E-state index contributed by atoms with van der Waals surface area (Å²) in [5.74, 6) is 0. The van der Waals surface area contributed by atoms with Crippen molar-refractivity contribution in [3.63, 3.8) is 0 Å². The van der Waals surface area contributed by atoms with Crippen LogP contribution < -0.4 is 11.1 Å². The van der Waals surface area contributed by atoms with Gasteiger partial charge in [0.05, 0.1) is 12.7 Å². The molecule has 2 atom stereocenters. The maximum atomic E-state index is 6.00. The lowest BCUT2D eigenvalue weighted by molar-refractivity contribution is 0.00244. The van der Waals surface area contributed by atoms with Gasteiger partial charge in [-0.2, -0.15) is 0 Å². The van der Waals surface area contributed by atoms with Crippen LogP contribution >= 0.6 is 0 Å². The summed E-state index contributed by atoms with van der Waals surface area (Å²) in [5.41, 5.74) is 8.68. The Labute approximate surface area is 114 Å². The number of hydrogen-bond donors (Lipinski definition) is 2. The minimum absolute atomic E-state index is 0.206. The van der Waals surface area contributed by atoms with Gasteiger partial charge in [-0.15, -0.1) is 0 Å². The molecule has 0 amide bonds. The Kier molecular flexibility index (Phi) is 4.13. The molecule has 0 radical (unpaired) electrons. The average molecular weight is 261 g/mol. The number of fused-ring (bicyclic) bond motifs is 1. The van der Waals surface area contributed by atoms with E-state index in [4.69, 9.17) is 10.5 Å². The highest BCUT2D eigenvalue weighted by atomic mass is 16.5. The van der Waals surface area contributed by atoms with E-state index in [1.54, 1.807) is 0 Å². The topological polar surface area (TPSA) is 50.5 Å². The first kappa shape index (κ1) is 13.1. The standard InChI is InChI=1S/C15H23N3O/c16-9-13-10-17-6-7-18(13)11-15-14-4-2-1-3-12(14)5-8-19-15/h1-4,13,15,17H,5-11,16H2. The summed E-state index contributed by atoms with van der Waals surface area (Å²) in [4.78, 5) is 2.48. The molecule has 3 rings (SSSR count). The van der Waals surface area contributed by atoms with Gasteiger partial charge in [-0.25, -0.2) is 0 Å². The van der Waals surface area contributed by atoms with Crippen molar-refractivity contribution < 1.29 is 4.74 Å². The molecule has 1 aromatic rings. The Bertz CT molecular complexity index is 424. The fourth-order valence-electron chi connectivity index (χ4n) is 3.12. The highest BCUT2D eigenvalue weighted by Crippen LogP contribution is 2.28. The molecule has 0 aliphatic carbocycles. The van der Waals surface area contributed by atoms with Gasteiger partial charge < -0.3 is 15.8 Å². The minimum Gasteiger partial charge on any atom is -0.372 e. The molecule has 0 bridgehead atoms. The zero-order chi connectivity index (χ0) is 13.1. The highest BCUT2D eigenvalue weighted by Gasteiger charge is 2.27. The molecule has 1 saturated heterocycles. The molecule has 104 valence electrons. The maximum absolute atomic E-state index is 6.00. The summed E-state index contributed by atoms with van der Waals surface area (Å²) in [7, 11) is 0. The number of nitrogens with zero attached hydrogens (tertiary/aromatic N) is 1. The SMILES string of the molecule is NCC1CNCCN1CC1OCCc2ccccc21. The Balaban J connectivity index is 1.73. The number of nitrogens with two attached hydrogens (primary N) is 1. The fourth-order valence-corrected chi connectivity index (χ4v) is 3.12. The zero-order valence-corrected chi connectivity index (χ0v) is 11.3. The quantitative estimate of drug-likeness (QED) is 0.833. The van der Waals surface area contributed by atoms with E-state index in [0.717, 1.165) is 39.2 Å². The van der Waals surface area contributed by atoms with Crippen LogP contribution in [-0.4, -0.2) is 50.3 Å². The Morgan fingerprint density at radius 1 is 1.37 bits per heavy atom. The van der Waals surface area contributed by atoms with Gasteiger partial charge in [-0.3, -0.25) is 4.90 Å². The van der Waals surface area contributed by atoms with Gasteiger partial charge in [0.2, 0.25) is 0 Å². The summed E-state index contributed by atoms with van der Waals surface area (Å²) in [6.07, 6.45) is 1.24. The average Bonchev–Trinajstić information content (AvgIpc) is 2.48. The predicted molar refractivity (Wildman–Crippen MR) is 76.1 cm³/mol. The third-order valence-corrected chi connectivity index (χ3v) is 4.24. The van der Waals surface area contributed by atoms with Gasteiger partial charge in [0.1, 0.15) is 0 Å². The first-order chi connectivity index (χ1) is 9.38. The third-order valence-electron chi connectivity index (χ3n) is 4.24. The smallest absolute Gasteiger partial charge is 0.0954 e. The molecule has 0 spiro atoms. The fraction of sp³-hybridized carbons (Fsp3) is 0.600. The second-order valence-corrected chi connectivity index (χ2v) is 5.40. The molecule has 2 aliphatic heterocycles. The van der Waals surface area contributed by atoms with Crippen molar-refractivity contribution in [2.24, 2.45) is 5.73 Å². The van der Waals surface area contributed by atoms with E-state index in [9.17, 15) is 0 Å². The summed E-state index contributed by atoms with van der Waals surface area (Å²) in [6.45, 7) is 5.60. The first-order valence-electron chi connectivity index (χ1n) is 7.22. The van der Waals surface area contributed by atoms with Gasteiger partial charge in [-0.05, 0) is 17.5 Å². The number of benzene rings is 1. The Hall–Kier alpha value is -0.940. The largest absolute Gasteiger partial charge is 0.372 e. The lowest BCUT2D eigenvalue weighted by atomic mass is 9.97. The van der Waals surface area contributed by atoms with Crippen LogP contribution in [0.2, 0.25) is 0 Å². The second kappa shape index (κ2) is 6.01. The van der Waals surface area contributed by atoms with Crippen LogP contribution in [0.5, 0.6) is 0 Å². The Morgan fingerprint density at radius 3 is 3.16 bits per heavy atom. The lowest BCUT2D eigenvalue weighted by Crippen LogP contribution is -2.55. The number of nitrogens with one attached hydrogen (secondary N) is 1. The molecule has 19 heavy (non-hydrogen) atoms. The van der Waals surface area contributed by atoms with Gasteiger partial charge >= 0.3 is 0 Å². The molecule has 4 heteroatoms. The van der Waals surface area contributed by atoms with Crippen LogP contribution in [0.15, 0.2) is 24.3 Å². The second-order valence-electron chi connectivity index (χ2n) is 5.40. The van der Waals surface area contributed by atoms with E-state index < -0.39 is 0 Å². The van der Waals surface area contributed by atoms with Crippen molar-refractivity contribution in [2.45, 2.75) is 18.6 Å². The van der Waals surface area contributed by atoms with Crippen molar-refractivity contribution in [3.8, 4) is 0 Å². The summed E-state index contributed by atoms with van der Waals surface area (Å²) in [6, 6.07) is 9.10. The minimum atomic E-state index is 0.206. The van der Waals surface area contributed by atoms with Crippen LogP contribution in [0.3, 0.4) is 0 Å². The van der Waals surface area contributed by atoms with Crippen LogP contribution in [0, 0.1) is 0 Å². The van der Waals surface area contributed by atoms with E-state index in [1.165, 1.54) is 11.1 Å². The number of rotatable bonds is 3.